The molecule has 8 nitrogen and oxygen atoms in total. The third kappa shape index (κ3) is 5.58. The van der Waals surface area contributed by atoms with Gasteiger partial charge in [-0.25, -0.2) is 5.43 Å². The minimum Gasteiger partial charge on any atom is -0.504 e. The zero-order valence-electron chi connectivity index (χ0n) is 16.1. The topological polar surface area (TPSA) is 102 Å². The smallest absolute Gasteiger partial charge is 0.271 e. The second-order valence-electron chi connectivity index (χ2n) is 6.07. The van der Waals surface area contributed by atoms with Crippen LogP contribution in [-0.4, -0.2) is 38.6 Å². The molecule has 0 unspecified atom stereocenters. The predicted molar refractivity (Wildman–Crippen MR) is 111 cm³/mol. The lowest BCUT2D eigenvalue weighted by Crippen LogP contribution is -2.17. The Labute approximate surface area is 172 Å². The van der Waals surface area contributed by atoms with Gasteiger partial charge in [0.25, 0.3) is 5.91 Å². The fourth-order valence-corrected chi connectivity index (χ4v) is 3.26. The number of phenols is 1. The number of aromatic hydroxyl groups is 1. The number of nitrogens with zero attached hydrogens (tertiary/aromatic N) is 4. The summed E-state index contributed by atoms with van der Waals surface area (Å²) in [5.41, 5.74) is 4.78. The van der Waals surface area contributed by atoms with Crippen LogP contribution in [0.5, 0.6) is 11.5 Å². The van der Waals surface area contributed by atoms with Crippen LogP contribution in [0.25, 0.3) is 0 Å². The van der Waals surface area contributed by atoms with Gasteiger partial charge in [-0.3, -0.25) is 4.79 Å². The van der Waals surface area contributed by atoms with E-state index in [1.165, 1.54) is 12.3 Å². The van der Waals surface area contributed by atoms with E-state index >= 15 is 0 Å². The van der Waals surface area contributed by atoms with Crippen LogP contribution in [-0.2, 0) is 12.8 Å². The molecule has 0 radical (unpaired) electrons. The fraction of sp³-hybridized carbons (Fsp3) is 0.200. The first-order valence-electron chi connectivity index (χ1n) is 8.91. The molecule has 0 bridgehead atoms. The van der Waals surface area contributed by atoms with Gasteiger partial charge in [0.15, 0.2) is 16.7 Å². The Morgan fingerprint density at radius 2 is 2.10 bits per heavy atom. The predicted octanol–water partition coefficient (Wildman–Crippen LogP) is 2.98. The molecule has 3 rings (SSSR count). The molecule has 29 heavy (non-hydrogen) atoms. The molecule has 2 N–H and O–H groups in total. The van der Waals surface area contributed by atoms with Crippen LogP contribution in [0.4, 0.5) is 0 Å². The number of phenolic OH excluding ortho intramolecular Hbond substituents is 1. The van der Waals surface area contributed by atoms with Crippen LogP contribution in [0.1, 0.15) is 28.4 Å². The number of aryl methyl sites for hydroxylation is 1. The molecule has 0 atom stereocenters. The maximum atomic E-state index is 12.2. The largest absolute Gasteiger partial charge is 0.504 e. The molecule has 3 aromatic rings. The lowest BCUT2D eigenvalue weighted by atomic mass is 10.1. The molecule has 0 aliphatic carbocycles. The Morgan fingerprint density at radius 3 is 2.79 bits per heavy atom. The molecule has 150 valence electrons. The summed E-state index contributed by atoms with van der Waals surface area (Å²) in [6.07, 6.45) is 3.15. The molecule has 9 heteroatoms. The van der Waals surface area contributed by atoms with Crippen LogP contribution in [0.3, 0.4) is 0 Å². The van der Waals surface area contributed by atoms with Crippen molar-refractivity contribution in [3.8, 4) is 11.5 Å². The lowest BCUT2D eigenvalue weighted by molar-refractivity contribution is 0.0955. The number of rotatable bonds is 8. The zero-order chi connectivity index (χ0) is 20.6. The Balaban J connectivity index is 1.54. The lowest BCUT2D eigenvalue weighted by Gasteiger charge is -2.06. The number of hydrazone groups is 1. The van der Waals surface area contributed by atoms with Crippen LogP contribution in [0.2, 0.25) is 0 Å². The van der Waals surface area contributed by atoms with Crippen molar-refractivity contribution in [2.45, 2.75) is 17.8 Å². The van der Waals surface area contributed by atoms with Crippen molar-refractivity contribution in [1.82, 2.24) is 20.2 Å². The second kappa shape index (κ2) is 9.74. The van der Waals surface area contributed by atoms with Gasteiger partial charge in [-0.15, -0.1) is 10.2 Å². The molecular formula is C20H21N5O3S. The Kier molecular flexibility index (Phi) is 6.85. The number of aromatic nitrogens is 3. The first-order valence-corrected chi connectivity index (χ1v) is 9.90. The summed E-state index contributed by atoms with van der Waals surface area (Å²) in [7, 11) is 1.89. The summed E-state index contributed by atoms with van der Waals surface area (Å²) in [5.74, 6) is 0.857. The molecule has 0 saturated heterocycles. The van der Waals surface area contributed by atoms with Crippen molar-refractivity contribution in [1.29, 1.82) is 0 Å². The minimum absolute atomic E-state index is 0.0606. The number of nitrogens with one attached hydrogen (secondary N) is 1. The monoisotopic (exact) mass is 411 g/mol. The molecular weight excluding hydrogens is 390 g/mol. The van der Waals surface area contributed by atoms with Gasteiger partial charge >= 0.3 is 0 Å². The van der Waals surface area contributed by atoms with Gasteiger partial charge in [0.05, 0.1) is 12.8 Å². The van der Waals surface area contributed by atoms with E-state index in [-0.39, 0.29) is 11.7 Å². The van der Waals surface area contributed by atoms with E-state index in [1.807, 2.05) is 30.7 Å². The van der Waals surface area contributed by atoms with Crippen LogP contribution in [0, 0.1) is 0 Å². The SMILES string of the molecule is CCOc1cc(C=NNC(=O)c2ccc(CSc3nncn3C)cc2)ccc1O. The number of amides is 1. The van der Waals surface area contributed by atoms with Gasteiger partial charge in [-0.05, 0) is 48.4 Å². The number of thioether (sulfide) groups is 1. The fourth-order valence-electron chi connectivity index (χ4n) is 2.42. The van der Waals surface area contributed by atoms with E-state index in [4.69, 9.17) is 4.74 Å². The number of carbonyl (C=O) groups is 1. The summed E-state index contributed by atoms with van der Waals surface area (Å²) in [6.45, 7) is 2.28. The van der Waals surface area contributed by atoms with Crippen molar-refractivity contribution < 1.29 is 14.6 Å². The number of hydrogen-bond donors (Lipinski definition) is 2. The van der Waals surface area contributed by atoms with Crippen molar-refractivity contribution in [3.63, 3.8) is 0 Å². The first kappa shape index (κ1) is 20.4. The molecule has 0 aliphatic heterocycles. The molecule has 1 amide bonds. The van der Waals surface area contributed by atoms with Gasteiger partial charge in [-0.2, -0.15) is 5.10 Å². The molecule has 0 spiro atoms. The Morgan fingerprint density at radius 1 is 1.31 bits per heavy atom. The third-order valence-corrected chi connectivity index (χ3v) is 5.02. The van der Waals surface area contributed by atoms with Gasteiger partial charge in [-0.1, -0.05) is 23.9 Å². The highest BCUT2D eigenvalue weighted by Crippen LogP contribution is 2.26. The Hall–Kier alpha value is -3.33. The van der Waals surface area contributed by atoms with Gasteiger partial charge < -0.3 is 14.4 Å². The number of carbonyl (C=O) groups excluding carboxylic acids is 1. The maximum absolute atomic E-state index is 12.2. The summed E-state index contributed by atoms with van der Waals surface area (Å²) >= 11 is 1.58. The highest BCUT2D eigenvalue weighted by molar-refractivity contribution is 7.98. The highest BCUT2D eigenvalue weighted by Gasteiger charge is 2.06. The summed E-state index contributed by atoms with van der Waals surface area (Å²) < 4.78 is 7.18. The van der Waals surface area contributed by atoms with Crippen molar-refractivity contribution in [2.24, 2.45) is 12.1 Å². The molecule has 0 saturated carbocycles. The van der Waals surface area contributed by atoms with Crippen LogP contribution in [0.15, 0.2) is 59.0 Å². The molecule has 0 fully saturated rings. The van der Waals surface area contributed by atoms with Gasteiger partial charge in [0, 0.05) is 18.4 Å². The number of ether oxygens (including phenoxy) is 1. The van der Waals surface area contributed by atoms with Gasteiger partial charge in [0.1, 0.15) is 6.33 Å². The van der Waals surface area contributed by atoms with E-state index in [0.717, 1.165) is 16.5 Å². The second-order valence-corrected chi connectivity index (χ2v) is 7.01. The normalized spacial score (nSPS) is 11.0. The molecule has 1 heterocycles. The summed E-state index contributed by atoms with van der Waals surface area (Å²) in [6, 6.07) is 12.2. The van der Waals surface area contributed by atoms with Crippen molar-refractivity contribution in [2.75, 3.05) is 6.61 Å². The average molecular weight is 411 g/mol. The molecule has 1 aromatic heterocycles. The van der Waals surface area contributed by atoms with E-state index in [2.05, 4.69) is 20.7 Å². The number of hydrogen-bond acceptors (Lipinski definition) is 7. The first-order chi connectivity index (χ1) is 14.1. The maximum Gasteiger partial charge on any atom is 0.271 e. The van der Waals surface area contributed by atoms with E-state index in [0.29, 0.717) is 23.5 Å². The summed E-state index contributed by atoms with van der Waals surface area (Å²) in [4.78, 5) is 12.2. The van der Waals surface area contributed by atoms with Crippen LogP contribution >= 0.6 is 11.8 Å². The average Bonchev–Trinajstić information content (AvgIpc) is 3.14. The standard InChI is InChI=1S/C20H21N5O3S/c1-3-28-18-10-15(6-9-17(18)26)11-21-23-19(27)16-7-4-14(5-8-16)12-29-20-24-22-13-25(20)2/h4-11,13,26H,3,12H2,1-2H3,(H,23,27). The highest BCUT2D eigenvalue weighted by atomic mass is 32.2. The van der Waals surface area contributed by atoms with Crippen molar-refractivity contribution >= 4 is 23.9 Å². The van der Waals surface area contributed by atoms with Crippen LogP contribution < -0.4 is 10.2 Å². The van der Waals surface area contributed by atoms with E-state index in [9.17, 15) is 9.90 Å². The van der Waals surface area contributed by atoms with E-state index in [1.54, 1.807) is 42.4 Å². The van der Waals surface area contributed by atoms with E-state index < -0.39 is 0 Å². The molecule has 2 aromatic carbocycles. The van der Waals surface area contributed by atoms with Gasteiger partial charge in [0.2, 0.25) is 0 Å². The van der Waals surface area contributed by atoms with Crippen molar-refractivity contribution in [3.05, 3.63) is 65.5 Å². The minimum atomic E-state index is -0.308. The Bertz CT molecular complexity index is 1000. The number of benzene rings is 2. The quantitative estimate of drug-likeness (QED) is 0.336. The summed E-state index contributed by atoms with van der Waals surface area (Å²) in [5, 5.41) is 22.4. The molecule has 0 aliphatic rings. The zero-order valence-corrected chi connectivity index (χ0v) is 16.9. The third-order valence-electron chi connectivity index (χ3n) is 3.92.